The van der Waals surface area contributed by atoms with Crippen LogP contribution in [0.5, 0.6) is 5.75 Å². The van der Waals surface area contributed by atoms with Crippen molar-refractivity contribution in [2.75, 3.05) is 6.54 Å². The van der Waals surface area contributed by atoms with Gasteiger partial charge in [-0.1, -0.05) is 24.3 Å². The molecule has 0 unspecified atom stereocenters. The highest BCUT2D eigenvalue weighted by Crippen LogP contribution is 2.29. The molecule has 0 spiro atoms. The Kier molecular flexibility index (Phi) is 3.12. The van der Waals surface area contributed by atoms with Gasteiger partial charge in [-0.3, -0.25) is 4.79 Å². The van der Waals surface area contributed by atoms with Gasteiger partial charge >= 0.3 is 0 Å². The third kappa shape index (κ3) is 2.16. The maximum atomic E-state index is 12.8. The second kappa shape index (κ2) is 5.14. The molecule has 2 heterocycles. The first kappa shape index (κ1) is 13.3. The average molecular weight is 309 g/mol. The van der Waals surface area contributed by atoms with Gasteiger partial charge in [0.15, 0.2) is 0 Å². The molecule has 1 aromatic heterocycles. The largest absolute Gasteiger partial charge is 0.507 e. The van der Waals surface area contributed by atoms with Crippen molar-refractivity contribution in [2.45, 2.75) is 13.0 Å². The van der Waals surface area contributed by atoms with Gasteiger partial charge in [-0.15, -0.1) is 11.3 Å². The molecule has 110 valence electrons. The van der Waals surface area contributed by atoms with Gasteiger partial charge in [0.1, 0.15) is 5.75 Å². The lowest BCUT2D eigenvalue weighted by Crippen LogP contribution is -2.35. The number of nitrogens with zero attached hydrogens (tertiary/aromatic N) is 1. The van der Waals surface area contributed by atoms with E-state index in [2.05, 4.69) is 11.4 Å². The van der Waals surface area contributed by atoms with Crippen LogP contribution in [0.1, 0.15) is 20.8 Å². The number of rotatable bonds is 1. The summed E-state index contributed by atoms with van der Waals surface area (Å²) in [5.41, 5.74) is 1.61. The molecule has 0 radical (unpaired) electrons. The average Bonchev–Trinajstić information content (AvgIpc) is 3.01. The second-order valence-electron chi connectivity index (χ2n) is 5.56. The van der Waals surface area contributed by atoms with Gasteiger partial charge < -0.3 is 10.0 Å². The van der Waals surface area contributed by atoms with Crippen LogP contribution in [0.25, 0.3) is 10.8 Å². The zero-order valence-corrected chi connectivity index (χ0v) is 12.8. The molecule has 1 amide bonds. The molecule has 1 N–H and O–H groups in total. The minimum Gasteiger partial charge on any atom is -0.507 e. The Morgan fingerprint density at radius 1 is 1.14 bits per heavy atom. The minimum absolute atomic E-state index is 0.0554. The maximum Gasteiger partial charge on any atom is 0.257 e. The standard InChI is InChI=1S/C18H15NO2S/c20-16-10-13-4-2-1-3-12(13)9-15(16)18(21)19-7-5-17-14(11-19)6-8-22-17/h1-4,6,8-10,20H,5,7,11H2. The highest BCUT2D eigenvalue weighted by atomic mass is 32.1. The van der Waals surface area contributed by atoms with Gasteiger partial charge in [0.05, 0.1) is 5.56 Å². The van der Waals surface area contributed by atoms with Crippen molar-refractivity contribution in [2.24, 2.45) is 0 Å². The van der Waals surface area contributed by atoms with Crippen LogP contribution in [0.15, 0.2) is 47.8 Å². The summed E-state index contributed by atoms with van der Waals surface area (Å²) in [6, 6.07) is 13.3. The third-order valence-electron chi connectivity index (χ3n) is 4.19. The van der Waals surface area contributed by atoms with E-state index >= 15 is 0 Å². The molecule has 4 rings (SSSR count). The summed E-state index contributed by atoms with van der Waals surface area (Å²) in [6.07, 6.45) is 0.896. The first-order valence-corrected chi connectivity index (χ1v) is 8.16. The summed E-state index contributed by atoms with van der Waals surface area (Å²) in [6.45, 7) is 1.34. The van der Waals surface area contributed by atoms with E-state index in [9.17, 15) is 9.90 Å². The van der Waals surface area contributed by atoms with Gasteiger partial charge in [0, 0.05) is 18.0 Å². The molecule has 2 aromatic carbocycles. The van der Waals surface area contributed by atoms with Gasteiger partial charge in [-0.2, -0.15) is 0 Å². The van der Waals surface area contributed by atoms with Crippen molar-refractivity contribution in [3.05, 3.63) is 63.8 Å². The molecular weight excluding hydrogens is 294 g/mol. The molecule has 0 saturated heterocycles. The van der Waals surface area contributed by atoms with Crippen molar-refractivity contribution in [1.29, 1.82) is 0 Å². The molecule has 1 aliphatic heterocycles. The van der Waals surface area contributed by atoms with Crippen LogP contribution in [-0.4, -0.2) is 22.5 Å². The number of phenols is 1. The molecule has 0 saturated carbocycles. The van der Waals surface area contributed by atoms with E-state index in [1.165, 1.54) is 10.4 Å². The lowest BCUT2D eigenvalue weighted by atomic mass is 10.0. The first-order chi connectivity index (χ1) is 10.7. The van der Waals surface area contributed by atoms with Crippen LogP contribution < -0.4 is 0 Å². The molecule has 22 heavy (non-hydrogen) atoms. The fourth-order valence-corrected chi connectivity index (χ4v) is 3.88. The van der Waals surface area contributed by atoms with E-state index in [1.54, 1.807) is 23.5 Å². The highest BCUT2D eigenvalue weighted by Gasteiger charge is 2.24. The number of hydrogen-bond acceptors (Lipinski definition) is 3. The van der Waals surface area contributed by atoms with E-state index in [1.807, 2.05) is 29.2 Å². The van der Waals surface area contributed by atoms with Crippen molar-refractivity contribution < 1.29 is 9.90 Å². The Morgan fingerprint density at radius 2 is 1.91 bits per heavy atom. The maximum absolute atomic E-state index is 12.8. The quantitative estimate of drug-likeness (QED) is 0.742. The van der Waals surface area contributed by atoms with Crippen LogP contribution in [0.4, 0.5) is 0 Å². The van der Waals surface area contributed by atoms with Crippen molar-refractivity contribution >= 4 is 28.0 Å². The molecule has 0 atom stereocenters. The second-order valence-corrected chi connectivity index (χ2v) is 6.56. The zero-order chi connectivity index (χ0) is 15.1. The van der Waals surface area contributed by atoms with E-state index in [0.717, 1.165) is 17.2 Å². The number of phenolic OH excluding ortho intramolecular Hbond substituents is 1. The lowest BCUT2D eigenvalue weighted by Gasteiger charge is -2.27. The van der Waals surface area contributed by atoms with Crippen LogP contribution in [0, 0.1) is 0 Å². The van der Waals surface area contributed by atoms with Gasteiger partial charge in [-0.05, 0) is 46.3 Å². The number of fused-ring (bicyclic) bond motifs is 2. The lowest BCUT2D eigenvalue weighted by molar-refractivity contribution is 0.0733. The Bertz CT molecular complexity index is 868. The number of carbonyl (C=O) groups excluding carboxylic acids is 1. The summed E-state index contributed by atoms with van der Waals surface area (Å²) >= 11 is 1.75. The number of amides is 1. The van der Waals surface area contributed by atoms with E-state index < -0.39 is 0 Å². The fraction of sp³-hybridized carbons (Fsp3) is 0.167. The van der Waals surface area contributed by atoms with Crippen LogP contribution in [-0.2, 0) is 13.0 Å². The van der Waals surface area contributed by atoms with Gasteiger partial charge in [0.25, 0.3) is 5.91 Å². The van der Waals surface area contributed by atoms with Crippen LogP contribution in [0.2, 0.25) is 0 Å². The smallest absolute Gasteiger partial charge is 0.257 e. The molecule has 3 aromatic rings. The number of thiophene rings is 1. The van der Waals surface area contributed by atoms with Crippen LogP contribution >= 0.6 is 11.3 Å². The molecule has 0 fully saturated rings. The fourth-order valence-electron chi connectivity index (χ4n) is 2.99. The van der Waals surface area contributed by atoms with Crippen molar-refractivity contribution in [3.8, 4) is 5.75 Å². The molecule has 1 aliphatic rings. The molecule has 4 heteroatoms. The van der Waals surface area contributed by atoms with Crippen LogP contribution in [0.3, 0.4) is 0 Å². The molecule has 3 nitrogen and oxygen atoms in total. The first-order valence-electron chi connectivity index (χ1n) is 7.28. The summed E-state index contributed by atoms with van der Waals surface area (Å²) in [4.78, 5) is 16.0. The number of benzene rings is 2. The van der Waals surface area contributed by atoms with Gasteiger partial charge in [0.2, 0.25) is 0 Å². The Hall–Kier alpha value is -2.33. The Morgan fingerprint density at radius 3 is 2.73 bits per heavy atom. The summed E-state index contributed by atoms with van der Waals surface area (Å²) < 4.78 is 0. The predicted octanol–water partition coefficient (Wildman–Crippen LogP) is 3.81. The number of hydrogen-bond donors (Lipinski definition) is 1. The minimum atomic E-state index is -0.0971. The topological polar surface area (TPSA) is 40.5 Å². The zero-order valence-electron chi connectivity index (χ0n) is 12.0. The summed E-state index contributed by atoms with van der Waals surface area (Å²) in [5, 5.41) is 14.2. The number of aromatic hydroxyl groups is 1. The number of carbonyl (C=O) groups is 1. The van der Waals surface area contributed by atoms with Crippen molar-refractivity contribution in [1.82, 2.24) is 4.90 Å². The van der Waals surface area contributed by atoms with Crippen molar-refractivity contribution in [3.63, 3.8) is 0 Å². The Labute approximate surface area is 132 Å². The molecule has 0 aliphatic carbocycles. The monoisotopic (exact) mass is 309 g/mol. The molecular formula is C18H15NO2S. The van der Waals surface area contributed by atoms with E-state index in [-0.39, 0.29) is 11.7 Å². The predicted molar refractivity (Wildman–Crippen MR) is 88.4 cm³/mol. The van der Waals surface area contributed by atoms with E-state index in [0.29, 0.717) is 18.7 Å². The SMILES string of the molecule is O=C(c1cc2ccccc2cc1O)N1CCc2sccc2C1. The summed E-state index contributed by atoms with van der Waals surface area (Å²) in [5.74, 6) is -0.0417. The third-order valence-corrected chi connectivity index (χ3v) is 5.21. The van der Waals surface area contributed by atoms with E-state index in [4.69, 9.17) is 0 Å². The normalized spacial score (nSPS) is 14.1. The Balaban J connectivity index is 1.70. The highest BCUT2D eigenvalue weighted by molar-refractivity contribution is 7.10. The van der Waals surface area contributed by atoms with Gasteiger partial charge in [-0.25, -0.2) is 0 Å². The summed E-state index contributed by atoms with van der Waals surface area (Å²) in [7, 11) is 0. The molecule has 0 bridgehead atoms.